The summed E-state index contributed by atoms with van der Waals surface area (Å²) >= 11 is 0. The number of hydrogen-bond acceptors (Lipinski definition) is 7. The van der Waals surface area contributed by atoms with Gasteiger partial charge in [-0.1, -0.05) is 19.1 Å². The Balaban J connectivity index is 1.85. The number of nitrogens with two attached hydrogens (primary N) is 1. The molecule has 0 atom stereocenters. The molecule has 0 bridgehead atoms. The van der Waals surface area contributed by atoms with E-state index in [0.29, 0.717) is 29.4 Å². The Hall–Kier alpha value is -3.03. The van der Waals surface area contributed by atoms with Crippen LogP contribution in [0.5, 0.6) is 0 Å². The number of carbonyl (C=O) groups is 1. The number of primary amides is 1. The Morgan fingerprint density at radius 3 is 2.43 bits per heavy atom. The van der Waals surface area contributed by atoms with Crippen LogP contribution in [-0.2, 0) is 32.9 Å². The molecule has 0 aliphatic heterocycles. The summed E-state index contributed by atoms with van der Waals surface area (Å²) in [6, 6.07) is 7.32. The lowest BCUT2D eigenvalue weighted by Crippen LogP contribution is -2.24. The fourth-order valence-corrected chi connectivity index (χ4v) is 5.20. The molecule has 0 radical (unpaired) electrons. The number of furan rings is 1. The van der Waals surface area contributed by atoms with E-state index in [0.717, 1.165) is 6.26 Å². The number of anilines is 1. The molecule has 0 fully saturated rings. The predicted octanol–water partition coefficient (Wildman–Crippen LogP) is 2.29. The van der Waals surface area contributed by atoms with Crippen LogP contribution >= 0.6 is 0 Å². The zero-order valence-electron chi connectivity index (χ0n) is 19.3. The molecule has 35 heavy (non-hydrogen) atoms. The summed E-state index contributed by atoms with van der Waals surface area (Å²) in [5.41, 5.74) is 7.01. The van der Waals surface area contributed by atoms with Crippen LogP contribution in [0.1, 0.15) is 47.0 Å². The Morgan fingerprint density at radius 2 is 1.83 bits per heavy atom. The van der Waals surface area contributed by atoms with Crippen molar-refractivity contribution in [1.29, 1.82) is 0 Å². The molecular formula is C22H27FN4O6S2. The maximum absolute atomic E-state index is 13.2. The van der Waals surface area contributed by atoms with Gasteiger partial charge in [-0.05, 0) is 48.6 Å². The van der Waals surface area contributed by atoms with Crippen LogP contribution in [0.2, 0.25) is 0 Å². The smallest absolute Gasteiger partial charge is 0.252 e. The number of nitrogens with one attached hydrogen (secondary N) is 2. The highest BCUT2D eigenvalue weighted by molar-refractivity contribution is 7.92. The molecule has 3 aromatic rings. The maximum atomic E-state index is 13.2. The van der Waals surface area contributed by atoms with E-state index < -0.39 is 31.8 Å². The molecule has 2 heterocycles. The standard InChI is InChI=1S/C22H27FN4O6S2/c1-3-15-13-17-19(20(24)28)18(12-14-6-8-16(23)9-7-14)33-22(17)26-21(15)27-35(31,32)11-5-4-10-25-34(2,29)30/h6-9,13,25H,3-5,10-12H2,1-2H3,(H2,24,28)(H,26,27). The van der Waals surface area contributed by atoms with Gasteiger partial charge in [0.15, 0.2) is 0 Å². The molecule has 2 aromatic heterocycles. The van der Waals surface area contributed by atoms with Crippen LogP contribution in [-0.4, -0.2) is 46.3 Å². The fraction of sp³-hybridized carbons (Fsp3) is 0.364. The first-order valence-electron chi connectivity index (χ1n) is 10.8. The van der Waals surface area contributed by atoms with E-state index >= 15 is 0 Å². The van der Waals surface area contributed by atoms with Gasteiger partial charge < -0.3 is 10.2 Å². The van der Waals surface area contributed by atoms with Crippen molar-refractivity contribution in [2.24, 2.45) is 5.73 Å². The lowest BCUT2D eigenvalue weighted by Gasteiger charge is -2.11. The maximum Gasteiger partial charge on any atom is 0.252 e. The number of sulfonamides is 2. The van der Waals surface area contributed by atoms with Gasteiger partial charge in [0.1, 0.15) is 17.4 Å². The SMILES string of the molecule is CCc1cc2c(C(N)=O)c(Cc3ccc(F)cc3)oc2nc1NS(=O)(=O)CCCCNS(C)(=O)=O. The first kappa shape index (κ1) is 26.6. The highest BCUT2D eigenvalue weighted by Gasteiger charge is 2.23. The van der Waals surface area contributed by atoms with Gasteiger partial charge in [-0.25, -0.2) is 25.9 Å². The molecule has 3 rings (SSSR count). The second-order valence-corrected chi connectivity index (χ2v) is 11.7. The molecule has 190 valence electrons. The van der Waals surface area contributed by atoms with Gasteiger partial charge in [-0.3, -0.25) is 9.52 Å². The number of carbonyl (C=O) groups excluding carboxylic acids is 1. The lowest BCUT2D eigenvalue weighted by molar-refractivity contribution is 0.1000. The van der Waals surface area contributed by atoms with Crippen molar-refractivity contribution in [2.45, 2.75) is 32.6 Å². The minimum atomic E-state index is -3.78. The van der Waals surface area contributed by atoms with Crippen LogP contribution in [0.3, 0.4) is 0 Å². The number of amides is 1. The van der Waals surface area contributed by atoms with Crippen molar-refractivity contribution in [3.05, 3.63) is 58.6 Å². The summed E-state index contributed by atoms with van der Waals surface area (Å²) in [5, 5.41) is 0.362. The molecule has 0 aliphatic rings. The quantitative estimate of drug-likeness (QED) is 0.305. The third kappa shape index (κ3) is 7.23. The largest absolute Gasteiger partial charge is 0.441 e. The zero-order chi connectivity index (χ0) is 25.8. The van der Waals surface area contributed by atoms with Gasteiger partial charge in [-0.2, -0.15) is 4.98 Å². The molecule has 1 aromatic carbocycles. The second-order valence-electron chi connectivity index (χ2n) is 8.06. The van der Waals surface area contributed by atoms with Crippen molar-refractivity contribution in [3.8, 4) is 0 Å². The van der Waals surface area contributed by atoms with Gasteiger partial charge in [0.25, 0.3) is 5.91 Å². The predicted molar refractivity (Wildman–Crippen MR) is 131 cm³/mol. The summed E-state index contributed by atoms with van der Waals surface area (Å²) in [5.74, 6) is -1.03. The number of unbranched alkanes of at least 4 members (excludes halogenated alkanes) is 1. The Bertz CT molecular complexity index is 1430. The molecule has 0 saturated heterocycles. The minimum Gasteiger partial charge on any atom is -0.441 e. The molecule has 0 saturated carbocycles. The number of pyridine rings is 1. The molecule has 4 N–H and O–H groups in total. The van der Waals surface area contributed by atoms with E-state index in [2.05, 4.69) is 14.4 Å². The molecule has 10 nitrogen and oxygen atoms in total. The Labute approximate surface area is 203 Å². The van der Waals surface area contributed by atoms with Crippen LogP contribution in [0.4, 0.5) is 10.2 Å². The second kappa shape index (κ2) is 10.7. The number of hydrogen-bond donors (Lipinski definition) is 3. The minimum absolute atomic E-state index is 0.0446. The van der Waals surface area contributed by atoms with Gasteiger partial charge in [0.05, 0.1) is 23.0 Å². The summed E-state index contributed by atoms with van der Waals surface area (Å²) in [7, 11) is -7.12. The van der Waals surface area contributed by atoms with E-state index in [1.165, 1.54) is 12.1 Å². The molecular weight excluding hydrogens is 499 g/mol. The van der Waals surface area contributed by atoms with Gasteiger partial charge in [-0.15, -0.1) is 0 Å². The van der Waals surface area contributed by atoms with Crippen LogP contribution in [0, 0.1) is 5.82 Å². The first-order valence-corrected chi connectivity index (χ1v) is 14.4. The topological polar surface area (TPSA) is 161 Å². The summed E-state index contributed by atoms with van der Waals surface area (Å²) < 4.78 is 71.1. The van der Waals surface area contributed by atoms with Crippen molar-refractivity contribution in [3.63, 3.8) is 0 Å². The van der Waals surface area contributed by atoms with Gasteiger partial charge in [0.2, 0.25) is 25.8 Å². The third-order valence-corrected chi connectivity index (χ3v) is 7.26. The van der Waals surface area contributed by atoms with E-state index in [-0.39, 0.29) is 48.0 Å². The number of aromatic nitrogens is 1. The Kier molecular flexibility index (Phi) is 8.13. The van der Waals surface area contributed by atoms with E-state index in [4.69, 9.17) is 10.2 Å². The summed E-state index contributed by atoms with van der Waals surface area (Å²) in [6.45, 7) is 1.94. The van der Waals surface area contributed by atoms with Crippen molar-refractivity contribution < 1.29 is 30.4 Å². The third-order valence-electron chi connectivity index (χ3n) is 5.20. The van der Waals surface area contributed by atoms with Crippen LogP contribution in [0.15, 0.2) is 34.7 Å². The van der Waals surface area contributed by atoms with Crippen molar-refractivity contribution >= 4 is 42.9 Å². The van der Waals surface area contributed by atoms with E-state index in [1.807, 2.05) is 0 Å². The normalized spacial score (nSPS) is 12.2. The zero-order valence-corrected chi connectivity index (χ0v) is 20.9. The number of aryl methyl sites for hydroxylation is 1. The Morgan fingerprint density at radius 1 is 1.14 bits per heavy atom. The number of rotatable bonds is 12. The molecule has 1 amide bonds. The lowest BCUT2D eigenvalue weighted by atomic mass is 10.0. The fourth-order valence-electron chi connectivity index (χ4n) is 3.53. The van der Waals surface area contributed by atoms with Crippen molar-refractivity contribution in [2.75, 3.05) is 23.3 Å². The molecule has 0 unspecified atom stereocenters. The number of nitrogens with zero attached hydrogens (tertiary/aromatic N) is 1. The van der Waals surface area contributed by atoms with Crippen LogP contribution < -0.4 is 15.2 Å². The molecule has 0 aliphatic carbocycles. The summed E-state index contributed by atoms with van der Waals surface area (Å²) in [4.78, 5) is 16.5. The van der Waals surface area contributed by atoms with E-state index in [9.17, 15) is 26.0 Å². The number of halogens is 1. The van der Waals surface area contributed by atoms with Gasteiger partial charge in [0, 0.05) is 13.0 Å². The summed E-state index contributed by atoms with van der Waals surface area (Å²) in [6.07, 6.45) is 2.18. The highest BCUT2D eigenvalue weighted by Crippen LogP contribution is 2.30. The highest BCUT2D eigenvalue weighted by atomic mass is 32.2. The monoisotopic (exact) mass is 526 g/mol. The average molecular weight is 527 g/mol. The van der Waals surface area contributed by atoms with Gasteiger partial charge >= 0.3 is 0 Å². The first-order chi connectivity index (χ1) is 16.4. The molecule has 0 spiro atoms. The average Bonchev–Trinajstić information content (AvgIpc) is 3.10. The van der Waals surface area contributed by atoms with Crippen LogP contribution in [0.25, 0.3) is 11.1 Å². The van der Waals surface area contributed by atoms with Crippen molar-refractivity contribution in [1.82, 2.24) is 9.71 Å². The molecule has 13 heteroatoms. The van der Waals surface area contributed by atoms with E-state index in [1.54, 1.807) is 25.1 Å². The number of fused-ring (bicyclic) bond motifs is 1. The number of benzene rings is 1.